The number of halogens is 3. The summed E-state index contributed by atoms with van der Waals surface area (Å²) in [7, 11) is 0. The lowest BCUT2D eigenvalue weighted by molar-refractivity contribution is 0.0696. The second-order valence-corrected chi connectivity index (χ2v) is 8.94. The number of carbonyl (C=O) groups is 1. The van der Waals surface area contributed by atoms with E-state index in [1.165, 1.54) is 18.2 Å². The van der Waals surface area contributed by atoms with Crippen LogP contribution in [0.3, 0.4) is 0 Å². The Morgan fingerprint density at radius 3 is 2.58 bits per heavy atom. The van der Waals surface area contributed by atoms with Gasteiger partial charge in [-0.2, -0.15) is 5.10 Å². The minimum Gasteiger partial charge on any atom is -0.478 e. The molecule has 36 heavy (non-hydrogen) atoms. The largest absolute Gasteiger partial charge is 0.478 e. The lowest BCUT2D eigenvalue weighted by Gasteiger charge is -2.26. The SMILES string of the molecule is O=C(O)c1cc(F)cc(-c2c(C3CCOCC3)n(-c3ccc(F)c(F)c3)c3cc4cn[nH]c4cc23)c1. The molecule has 0 atom stereocenters. The van der Waals surface area contributed by atoms with Gasteiger partial charge in [-0.15, -0.1) is 0 Å². The fourth-order valence-electron chi connectivity index (χ4n) is 5.17. The Balaban J connectivity index is 1.77. The molecule has 9 heteroatoms. The van der Waals surface area contributed by atoms with Crippen molar-refractivity contribution < 1.29 is 27.8 Å². The maximum atomic E-state index is 14.7. The van der Waals surface area contributed by atoms with Gasteiger partial charge in [0, 0.05) is 52.9 Å². The Bertz CT molecular complexity index is 1650. The first-order chi connectivity index (χ1) is 17.4. The molecule has 5 aromatic rings. The molecule has 0 radical (unpaired) electrons. The maximum Gasteiger partial charge on any atom is 0.335 e. The molecule has 3 heterocycles. The fourth-order valence-corrected chi connectivity index (χ4v) is 5.17. The predicted molar refractivity (Wildman–Crippen MR) is 128 cm³/mol. The molecule has 0 spiro atoms. The van der Waals surface area contributed by atoms with E-state index in [4.69, 9.17) is 4.74 Å². The average molecular weight is 491 g/mol. The van der Waals surface area contributed by atoms with Crippen LogP contribution in [0.15, 0.2) is 54.7 Å². The molecule has 1 saturated heterocycles. The van der Waals surface area contributed by atoms with Crippen LogP contribution < -0.4 is 0 Å². The summed E-state index contributed by atoms with van der Waals surface area (Å²) in [6.07, 6.45) is 2.98. The topological polar surface area (TPSA) is 80.1 Å². The summed E-state index contributed by atoms with van der Waals surface area (Å²) in [5.74, 6) is -3.93. The van der Waals surface area contributed by atoms with Gasteiger partial charge in [0.25, 0.3) is 0 Å². The maximum absolute atomic E-state index is 14.7. The van der Waals surface area contributed by atoms with E-state index in [1.54, 1.807) is 6.20 Å². The van der Waals surface area contributed by atoms with Crippen molar-refractivity contribution in [2.45, 2.75) is 18.8 Å². The number of carboxylic acid groups (broad SMARTS) is 1. The molecule has 6 nitrogen and oxygen atoms in total. The molecule has 0 amide bonds. The predicted octanol–water partition coefficient (Wildman–Crippen LogP) is 6.18. The molecule has 6 rings (SSSR count). The second-order valence-electron chi connectivity index (χ2n) is 8.94. The van der Waals surface area contributed by atoms with Gasteiger partial charge in [-0.05, 0) is 60.9 Å². The molecule has 2 aromatic heterocycles. The van der Waals surface area contributed by atoms with Crippen LogP contribution in [0.25, 0.3) is 38.6 Å². The first-order valence-electron chi connectivity index (χ1n) is 11.5. The van der Waals surface area contributed by atoms with Gasteiger partial charge in [-0.25, -0.2) is 18.0 Å². The Morgan fingerprint density at radius 1 is 1.03 bits per heavy atom. The Kier molecular flexibility index (Phi) is 5.30. The number of benzene rings is 3. The zero-order valence-electron chi connectivity index (χ0n) is 18.9. The van der Waals surface area contributed by atoms with E-state index >= 15 is 0 Å². The van der Waals surface area contributed by atoms with Gasteiger partial charge >= 0.3 is 5.97 Å². The Labute approximate surface area is 202 Å². The van der Waals surface area contributed by atoms with Crippen molar-refractivity contribution in [1.29, 1.82) is 0 Å². The van der Waals surface area contributed by atoms with E-state index < -0.39 is 23.4 Å². The highest BCUT2D eigenvalue weighted by Crippen LogP contribution is 2.45. The van der Waals surface area contributed by atoms with Gasteiger partial charge in [-0.1, -0.05) is 0 Å². The molecular weight excluding hydrogens is 471 g/mol. The van der Waals surface area contributed by atoms with Gasteiger partial charge in [0.1, 0.15) is 5.82 Å². The third kappa shape index (κ3) is 3.63. The van der Waals surface area contributed by atoms with Crippen LogP contribution in [0.5, 0.6) is 0 Å². The molecule has 182 valence electrons. The lowest BCUT2D eigenvalue weighted by Crippen LogP contribution is -2.17. The summed E-state index contributed by atoms with van der Waals surface area (Å²) in [6.45, 7) is 1.02. The summed E-state index contributed by atoms with van der Waals surface area (Å²) in [4.78, 5) is 11.7. The number of nitrogens with one attached hydrogen (secondary N) is 1. The van der Waals surface area contributed by atoms with Gasteiger partial charge in [0.05, 0.1) is 22.8 Å². The summed E-state index contributed by atoms with van der Waals surface area (Å²) < 4.78 is 50.4. The number of aromatic amines is 1. The number of fused-ring (bicyclic) bond motifs is 2. The number of ether oxygens (including phenoxy) is 1. The summed E-state index contributed by atoms with van der Waals surface area (Å²) in [5, 5.41) is 18.1. The van der Waals surface area contributed by atoms with Gasteiger partial charge in [-0.3, -0.25) is 5.10 Å². The van der Waals surface area contributed by atoms with E-state index in [2.05, 4.69) is 10.2 Å². The van der Waals surface area contributed by atoms with Gasteiger partial charge in [0.2, 0.25) is 0 Å². The number of rotatable bonds is 4. The summed E-state index contributed by atoms with van der Waals surface area (Å²) >= 11 is 0. The number of hydrogen-bond donors (Lipinski definition) is 2. The van der Waals surface area contributed by atoms with E-state index in [-0.39, 0.29) is 11.5 Å². The van der Waals surface area contributed by atoms with Gasteiger partial charge < -0.3 is 14.4 Å². The number of hydrogen-bond acceptors (Lipinski definition) is 3. The Hall–Kier alpha value is -4.11. The van der Waals surface area contributed by atoms with Crippen molar-refractivity contribution in [1.82, 2.24) is 14.8 Å². The van der Waals surface area contributed by atoms with Crippen molar-refractivity contribution in [2.24, 2.45) is 0 Å². The molecule has 2 N–H and O–H groups in total. The van der Waals surface area contributed by atoms with Crippen molar-refractivity contribution in [3.63, 3.8) is 0 Å². The monoisotopic (exact) mass is 491 g/mol. The molecule has 3 aromatic carbocycles. The zero-order valence-corrected chi connectivity index (χ0v) is 18.9. The molecule has 0 bridgehead atoms. The number of H-pyrrole nitrogens is 1. The third-order valence-electron chi connectivity index (χ3n) is 6.77. The van der Waals surface area contributed by atoms with E-state index in [0.717, 1.165) is 34.8 Å². The molecular formula is C27H20F3N3O3. The van der Waals surface area contributed by atoms with Crippen LogP contribution in [0.4, 0.5) is 13.2 Å². The van der Waals surface area contributed by atoms with Crippen LogP contribution in [0, 0.1) is 17.5 Å². The first kappa shape index (κ1) is 22.4. The summed E-state index contributed by atoms with van der Waals surface area (Å²) in [6, 6.07) is 11.2. The second kappa shape index (κ2) is 8.53. The van der Waals surface area contributed by atoms with Crippen LogP contribution >= 0.6 is 0 Å². The third-order valence-corrected chi connectivity index (χ3v) is 6.77. The zero-order chi connectivity index (χ0) is 25.0. The molecule has 1 aliphatic rings. The molecule has 0 unspecified atom stereocenters. The molecule has 0 saturated carbocycles. The average Bonchev–Trinajstić information content (AvgIpc) is 3.46. The van der Waals surface area contributed by atoms with Crippen LogP contribution in [0.1, 0.15) is 34.8 Å². The number of carboxylic acids is 1. The normalized spacial score (nSPS) is 14.6. The number of aromatic nitrogens is 3. The fraction of sp³-hybridized carbons (Fsp3) is 0.185. The van der Waals surface area contributed by atoms with E-state index in [0.29, 0.717) is 53.8 Å². The quantitative estimate of drug-likeness (QED) is 0.315. The molecule has 1 aliphatic heterocycles. The smallest absolute Gasteiger partial charge is 0.335 e. The highest BCUT2D eigenvalue weighted by Gasteiger charge is 2.29. The first-order valence-corrected chi connectivity index (χ1v) is 11.5. The van der Waals surface area contributed by atoms with Crippen LogP contribution in [-0.4, -0.2) is 39.1 Å². The standard InChI is InChI=1S/C27H20F3N3O3/c28-18-8-15(7-16(9-18)27(34)35)25-20-12-23-17(13-31-32-23)10-24(20)33(19-1-2-21(29)22(30)11-19)26(25)14-3-5-36-6-4-14/h1-2,7-14H,3-6H2,(H,31,32)(H,34,35). The lowest BCUT2D eigenvalue weighted by atomic mass is 9.89. The van der Waals surface area contributed by atoms with E-state index in [1.807, 2.05) is 16.7 Å². The number of nitrogens with zero attached hydrogens (tertiary/aromatic N) is 2. The van der Waals surface area contributed by atoms with Crippen molar-refractivity contribution in [3.8, 4) is 16.8 Å². The van der Waals surface area contributed by atoms with Crippen LogP contribution in [-0.2, 0) is 4.74 Å². The molecule has 0 aliphatic carbocycles. The molecule has 1 fully saturated rings. The Morgan fingerprint density at radius 2 is 1.83 bits per heavy atom. The van der Waals surface area contributed by atoms with Crippen LogP contribution in [0.2, 0.25) is 0 Å². The summed E-state index contributed by atoms with van der Waals surface area (Å²) in [5.41, 5.74) is 3.44. The van der Waals surface area contributed by atoms with Crippen molar-refractivity contribution >= 4 is 27.8 Å². The van der Waals surface area contributed by atoms with Gasteiger partial charge in [0.15, 0.2) is 11.6 Å². The van der Waals surface area contributed by atoms with E-state index in [9.17, 15) is 23.1 Å². The highest BCUT2D eigenvalue weighted by atomic mass is 19.2. The minimum atomic E-state index is -1.25. The number of aromatic carboxylic acids is 1. The highest BCUT2D eigenvalue weighted by molar-refractivity contribution is 6.06. The van der Waals surface area contributed by atoms with Crippen molar-refractivity contribution in [2.75, 3.05) is 13.2 Å². The minimum absolute atomic E-state index is 0.0534. The van der Waals surface area contributed by atoms with Crippen molar-refractivity contribution in [3.05, 3.63) is 83.4 Å².